The predicted molar refractivity (Wildman–Crippen MR) is 74.2 cm³/mol. The van der Waals surface area contributed by atoms with E-state index in [9.17, 15) is 0 Å². The zero-order valence-electron chi connectivity index (χ0n) is 11.2. The fraction of sp³-hybridized carbons (Fsp3) is 0.600. The number of rotatable bonds is 4. The van der Waals surface area contributed by atoms with E-state index in [1.807, 2.05) is 18.2 Å². The third-order valence-corrected chi connectivity index (χ3v) is 5.12. The highest BCUT2D eigenvalue weighted by Gasteiger charge is 2.63. The van der Waals surface area contributed by atoms with Crippen molar-refractivity contribution in [2.75, 3.05) is 6.54 Å². The monoisotopic (exact) mass is 251 g/mol. The van der Waals surface area contributed by atoms with Gasteiger partial charge < -0.3 is 5.32 Å². The standard InChI is InChI=1S/C15H22ClN/c1-14(2)13(15(14,3)4)10-17-9-11-6-5-7-12(16)8-11/h5-8,13,17H,9-10H2,1-4H3. The fourth-order valence-corrected chi connectivity index (χ4v) is 3.06. The molecule has 0 bridgehead atoms. The highest BCUT2D eigenvalue weighted by molar-refractivity contribution is 6.30. The van der Waals surface area contributed by atoms with E-state index in [0.717, 1.165) is 24.0 Å². The van der Waals surface area contributed by atoms with Gasteiger partial charge in [-0.05, 0) is 41.0 Å². The molecular weight excluding hydrogens is 230 g/mol. The summed E-state index contributed by atoms with van der Waals surface area (Å²) in [4.78, 5) is 0. The molecule has 0 atom stereocenters. The van der Waals surface area contributed by atoms with Gasteiger partial charge in [0.05, 0.1) is 0 Å². The summed E-state index contributed by atoms with van der Waals surface area (Å²) in [5.74, 6) is 0.772. The van der Waals surface area contributed by atoms with Gasteiger partial charge in [-0.1, -0.05) is 51.4 Å². The Balaban J connectivity index is 1.82. The lowest BCUT2D eigenvalue weighted by molar-refractivity contribution is 0.457. The number of hydrogen-bond acceptors (Lipinski definition) is 1. The summed E-state index contributed by atoms with van der Waals surface area (Å²) >= 11 is 5.96. The molecule has 1 aromatic carbocycles. The number of nitrogens with one attached hydrogen (secondary N) is 1. The maximum absolute atomic E-state index is 5.96. The second-order valence-electron chi connectivity index (χ2n) is 6.26. The first-order chi connectivity index (χ1) is 7.85. The van der Waals surface area contributed by atoms with Crippen molar-refractivity contribution in [1.29, 1.82) is 0 Å². The molecule has 0 spiro atoms. The van der Waals surface area contributed by atoms with Gasteiger partial charge in [-0.3, -0.25) is 0 Å². The molecule has 1 saturated carbocycles. The molecule has 0 aliphatic heterocycles. The van der Waals surface area contributed by atoms with Gasteiger partial charge in [-0.2, -0.15) is 0 Å². The van der Waals surface area contributed by atoms with Gasteiger partial charge >= 0.3 is 0 Å². The van der Waals surface area contributed by atoms with Crippen LogP contribution in [-0.4, -0.2) is 6.54 Å². The largest absolute Gasteiger partial charge is 0.312 e. The van der Waals surface area contributed by atoms with E-state index in [4.69, 9.17) is 11.6 Å². The Morgan fingerprint density at radius 1 is 1.18 bits per heavy atom. The molecule has 94 valence electrons. The van der Waals surface area contributed by atoms with E-state index in [-0.39, 0.29) is 0 Å². The molecule has 1 aliphatic carbocycles. The zero-order chi connectivity index (χ0) is 12.7. The molecule has 1 nitrogen and oxygen atoms in total. The molecule has 0 saturated heterocycles. The molecular formula is C15H22ClN. The third kappa shape index (κ3) is 2.36. The minimum atomic E-state index is 0.467. The van der Waals surface area contributed by atoms with Crippen LogP contribution in [0.2, 0.25) is 5.02 Å². The van der Waals surface area contributed by atoms with Crippen molar-refractivity contribution in [2.24, 2.45) is 16.7 Å². The molecule has 17 heavy (non-hydrogen) atoms. The summed E-state index contributed by atoms with van der Waals surface area (Å²) in [7, 11) is 0. The van der Waals surface area contributed by atoms with E-state index in [2.05, 4.69) is 39.1 Å². The Labute approximate surface area is 110 Å². The molecule has 1 N–H and O–H groups in total. The SMILES string of the molecule is CC1(C)C(CNCc2cccc(Cl)c2)C1(C)C. The number of halogens is 1. The van der Waals surface area contributed by atoms with E-state index >= 15 is 0 Å². The van der Waals surface area contributed by atoms with Crippen LogP contribution in [-0.2, 0) is 6.54 Å². The second-order valence-corrected chi connectivity index (χ2v) is 6.69. The Bertz CT molecular complexity index is 395. The molecule has 0 aromatic heterocycles. The van der Waals surface area contributed by atoms with Crippen molar-refractivity contribution in [3.8, 4) is 0 Å². The maximum atomic E-state index is 5.96. The van der Waals surface area contributed by atoms with E-state index < -0.39 is 0 Å². The molecule has 1 fully saturated rings. The van der Waals surface area contributed by atoms with Crippen LogP contribution in [0.5, 0.6) is 0 Å². The zero-order valence-corrected chi connectivity index (χ0v) is 11.9. The molecule has 0 heterocycles. The van der Waals surface area contributed by atoms with Gasteiger partial charge in [0.1, 0.15) is 0 Å². The van der Waals surface area contributed by atoms with Crippen LogP contribution in [0.3, 0.4) is 0 Å². The fourth-order valence-electron chi connectivity index (χ4n) is 2.85. The lowest BCUT2D eigenvalue weighted by atomic mass is 10.0. The molecule has 2 rings (SSSR count). The molecule has 1 aromatic rings. The molecule has 0 radical (unpaired) electrons. The average molecular weight is 252 g/mol. The molecule has 0 amide bonds. The first-order valence-corrected chi connectivity index (χ1v) is 6.68. The minimum Gasteiger partial charge on any atom is -0.312 e. The normalized spacial score (nSPS) is 21.5. The van der Waals surface area contributed by atoms with Crippen LogP contribution in [0.25, 0.3) is 0 Å². The Hall–Kier alpha value is -0.530. The minimum absolute atomic E-state index is 0.467. The van der Waals surface area contributed by atoms with Crippen LogP contribution >= 0.6 is 11.6 Å². The van der Waals surface area contributed by atoms with Gasteiger partial charge in [0.25, 0.3) is 0 Å². The summed E-state index contributed by atoms with van der Waals surface area (Å²) in [5.41, 5.74) is 2.19. The predicted octanol–water partition coefficient (Wildman–Crippen LogP) is 4.11. The first-order valence-electron chi connectivity index (χ1n) is 6.31. The van der Waals surface area contributed by atoms with Crippen molar-refractivity contribution in [1.82, 2.24) is 5.32 Å². The van der Waals surface area contributed by atoms with Gasteiger partial charge in [0.2, 0.25) is 0 Å². The summed E-state index contributed by atoms with van der Waals surface area (Å²) < 4.78 is 0. The van der Waals surface area contributed by atoms with E-state index in [0.29, 0.717) is 10.8 Å². The number of benzene rings is 1. The average Bonchev–Trinajstić information content (AvgIpc) is 2.60. The Kier molecular flexibility index (Phi) is 3.26. The van der Waals surface area contributed by atoms with Crippen LogP contribution in [0, 0.1) is 16.7 Å². The second kappa shape index (κ2) is 4.29. The smallest absolute Gasteiger partial charge is 0.0409 e. The van der Waals surface area contributed by atoms with Crippen LogP contribution in [0.1, 0.15) is 33.3 Å². The van der Waals surface area contributed by atoms with Crippen molar-refractivity contribution in [3.05, 3.63) is 34.9 Å². The highest BCUT2D eigenvalue weighted by atomic mass is 35.5. The maximum Gasteiger partial charge on any atom is 0.0409 e. The van der Waals surface area contributed by atoms with Gasteiger partial charge in [-0.15, -0.1) is 0 Å². The molecule has 1 aliphatic rings. The Morgan fingerprint density at radius 2 is 1.82 bits per heavy atom. The van der Waals surface area contributed by atoms with Crippen molar-refractivity contribution < 1.29 is 0 Å². The number of hydrogen-bond donors (Lipinski definition) is 1. The van der Waals surface area contributed by atoms with E-state index in [1.165, 1.54) is 5.56 Å². The summed E-state index contributed by atoms with van der Waals surface area (Å²) in [6, 6.07) is 8.06. The van der Waals surface area contributed by atoms with Crippen molar-refractivity contribution >= 4 is 11.6 Å². The van der Waals surface area contributed by atoms with Crippen LogP contribution in [0.4, 0.5) is 0 Å². The molecule has 0 unspecified atom stereocenters. The van der Waals surface area contributed by atoms with Gasteiger partial charge in [-0.25, -0.2) is 0 Å². The summed E-state index contributed by atoms with van der Waals surface area (Å²) in [6.45, 7) is 11.4. The lowest BCUT2D eigenvalue weighted by Crippen LogP contribution is -2.18. The molecule has 2 heteroatoms. The van der Waals surface area contributed by atoms with Crippen LogP contribution < -0.4 is 5.32 Å². The highest BCUT2D eigenvalue weighted by Crippen LogP contribution is 2.67. The van der Waals surface area contributed by atoms with Crippen LogP contribution in [0.15, 0.2) is 24.3 Å². The topological polar surface area (TPSA) is 12.0 Å². The van der Waals surface area contributed by atoms with Gasteiger partial charge in [0.15, 0.2) is 0 Å². The summed E-state index contributed by atoms with van der Waals surface area (Å²) in [6.07, 6.45) is 0. The van der Waals surface area contributed by atoms with Crippen molar-refractivity contribution in [2.45, 2.75) is 34.2 Å². The van der Waals surface area contributed by atoms with Gasteiger partial charge in [0, 0.05) is 11.6 Å². The summed E-state index contributed by atoms with van der Waals surface area (Å²) in [5, 5.41) is 4.36. The third-order valence-electron chi connectivity index (χ3n) is 4.89. The first kappa shape index (κ1) is 12.9. The van der Waals surface area contributed by atoms with E-state index in [1.54, 1.807) is 0 Å². The quantitative estimate of drug-likeness (QED) is 0.849. The van der Waals surface area contributed by atoms with Crippen molar-refractivity contribution in [3.63, 3.8) is 0 Å². The lowest BCUT2D eigenvalue weighted by Gasteiger charge is -2.06. The Morgan fingerprint density at radius 3 is 2.35 bits per heavy atom.